The van der Waals surface area contributed by atoms with Gasteiger partial charge in [-0.1, -0.05) is 18.2 Å². The van der Waals surface area contributed by atoms with Gasteiger partial charge in [0.15, 0.2) is 0 Å². The molecule has 0 aliphatic rings. The van der Waals surface area contributed by atoms with E-state index < -0.39 is 0 Å². The van der Waals surface area contributed by atoms with Crippen molar-refractivity contribution in [3.63, 3.8) is 0 Å². The molecule has 0 spiro atoms. The Morgan fingerprint density at radius 1 is 1.24 bits per heavy atom. The van der Waals surface area contributed by atoms with Crippen molar-refractivity contribution in [2.45, 2.75) is 26.8 Å². The van der Waals surface area contributed by atoms with E-state index in [1.807, 2.05) is 18.7 Å². The van der Waals surface area contributed by atoms with E-state index in [1.165, 1.54) is 16.8 Å². The highest BCUT2D eigenvalue weighted by molar-refractivity contribution is 5.51. The molecule has 17 heavy (non-hydrogen) atoms. The predicted octanol–water partition coefficient (Wildman–Crippen LogP) is 3.21. The number of nitrogens with one attached hydrogen (secondary N) is 1. The molecule has 1 unspecified atom stereocenters. The third-order valence-corrected chi connectivity index (χ3v) is 3.04. The third kappa shape index (κ3) is 2.49. The van der Waals surface area contributed by atoms with Gasteiger partial charge in [0.2, 0.25) is 0 Å². The molecule has 0 saturated heterocycles. The van der Waals surface area contributed by atoms with E-state index in [1.54, 1.807) is 0 Å². The zero-order chi connectivity index (χ0) is 12.4. The average molecular weight is 229 g/mol. The van der Waals surface area contributed by atoms with Crippen LogP contribution >= 0.6 is 0 Å². The number of hydrogen-bond donors (Lipinski definition) is 1. The van der Waals surface area contributed by atoms with Crippen molar-refractivity contribution in [2.24, 2.45) is 7.05 Å². The summed E-state index contributed by atoms with van der Waals surface area (Å²) in [7, 11) is 1.96. The number of rotatable bonds is 3. The first-order chi connectivity index (χ1) is 8.08. The van der Waals surface area contributed by atoms with Gasteiger partial charge < -0.3 is 5.32 Å². The van der Waals surface area contributed by atoms with Gasteiger partial charge in [0.1, 0.15) is 0 Å². The summed E-state index contributed by atoms with van der Waals surface area (Å²) in [5.74, 6) is 0. The van der Waals surface area contributed by atoms with Crippen LogP contribution in [-0.2, 0) is 7.05 Å². The van der Waals surface area contributed by atoms with Crippen molar-refractivity contribution in [3.8, 4) is 0 Å². The van der Waals surface area contributed by atoms with Crippen molar-refractivity contribution in [1.29, 1.82) is 0 Å². The Hall–Kier alpha value is -1.77. The summed E-state index contributed by atoms with van der Waals surface area (Å²) in [6.07, 6.45) is 2.07. The van der Waals surface area contributed by atoms with Crippen LogP contribution in [0.1, 0.15) is 29.8 Å². The summed E-state index contributed by atoms with van der Waals surface area (Å²) in [6.45, 7) is 6.33. The van der Waals surface area contributed by atoms with Crippen molar-refractivity contribution in [2.75, 3.05) is 5.32 Å². The molecule has 0 amide bonds. The number of anilines is 1. The lowest BCUT2D eigenvalue weighted by Gasteiger charge is -2.16. The van der Waals surface area contributed by atoms with Crippen molar-refractivity contribution >= 4 is 5.69 Å². The lowest BCUT2D eigenvalue weighted by Crippen LogP contribution is -2.08. The lowest BCUT2D eigenvalue weighted by atomic mass is 10.1. The van der Waals surface area contributed by atoms with E-state index in [-0.39, 0.29) is 6.04 Å². The predicted molar refractivity (Wildman–Crippen MR) is 71.2 cm³/mol. The molecular formula is C14H19N3. The van der Waals surface area contributed by atoms with Gasteiger partial charge in [-0.15, -0.1) is 0 Å². The van der Waals surface area contributed by atoms with Crippen molar-refractivity contribution in [1.82, 2.24) is 9.78 Å². The molecule has 1 N–H and O–H groups in total. The second-order valence-electron chi connectivity index (χ2n) is 4.52. The summed E-state index contributed by atoms with van der Waals surface area (Å²) in [5, 5.41) is 7.90. The van der Waals surface area contributed by atoms with Gasteiger partial charge in [-0.05, 0) is 32.4 Å². The van der Waals surface area contributed by atoms with E-state index >= 15 is 0 Å². The molecule has 90 valence electrons. The molecule has 1 heterocycles. The van der Waals surface area contributed by atoms with Crippen LogP contribution in [0.3, 0.4) is 0 Å². The molecular weight excluding hydrogens is 210 g/mol. The van der Waals surface area contributed by atoms with Crippen LogP contribution < -0.4 is 5.32 Å². The second-order valence-corrected chi connectivity index (χ2v) is 4.52. The monoisotopic (exact) mass is 229 g/mol. The fourth-order valence-corrected chi connectivity index (χ4v) is 2.09. The number of aryl methyl sites for hydroxylation is 3. The molecule has 0 aliphatic carbocycles. The smallest absolute Gasteiger partial charge is 0.0646 e. The highest BCUT2D eigenvalue weighted by Gasteiger charge is 2.11. The zero-order valence-corrected chi connectivity index (χ0v) is 10.9. The minimum Gasteiger partial charge on any atom is -0.378 e. The van der Waals surface area contributed by atoms with Crippen LogP contribution in [-0.4, -0.2) is 9.78 Å². The van der Waals surface area contributed by atoms with Gasteiger partial charge in [-0.3, -0.25) is 4.68 Å². The second kappa shape index (κ2) is 4.62. The maximum atomic E-state index is 4.37. The molecule has 1 aromatic heterocycles. The minimum atomic E-state index is 0.268. The van der Waals surface area contributed by atoms with Crippen LogP contribution in [0.15, 0.2) is 30.5 Å². The lowest BCUT2D eigenvalue weighted by molar-refractivity contribution is 0.756. The van der Waals surface area contributed by atoms with Crippen LogP contribution in [0.5, 0.6) is 0 Å². The van der Waals surface area contributed by atoms with E-state index in [4.69, 9.17) is 0 Å². The number of aromatic nitrogens is 2. The zero-order valence-electron chi connectivity index (χ0n) is 10.9. The third-order valence-electron chi connectivity index (χ3n) is 3.04. The molecule has 3 nitrogen and oxygen atoms in total. The maximum absolute atomic E-state index is 4.37. The molecule has 1 atom stereocenters. The Morgan fingerprint density at radius 3 is 2.53 bits per heavy atom. The quantitative estimate of drug-likeness (QED) is 0.875. The number of nitrogens with zero attached hydrogens (tertiary/aromatic N) is 2. The highest BCUT2D eigenvalue weighted by atomic mass is 15.3. The number of para-hydroxylation sites is 1. The van der Waals surface area contributed by atoms with Gasteiger partial charge in [0.25, 0.3) is 0 Å². The molecule has 0 radical (unpaired) electrons. The van der Waals surface area contributed by atoms with Gasteiger partial charge in [0, 0.05) is 24.5 Å². The summed E-state index contributed by atoms with van der Waals surface area (Å²) < 4.78 is 1.86. The minimum absolute atomic E-state index is 0.268. The number of benzene rings is 1. The Morgan fingerprint density at radius 2 is 1.94 bits per heavy atom. The van der Waals surface area contributed by atoms with Crippen LogP contribution in [0.2, 0.25) is 0 Å². The van der Waals surface area contributed by atoms with Gasteiger partial charge >= 0.3 is 0 Å². The van der Waals surface area contributed by atoms with E-state index in [9.17, 15) is 0 Å². The summed E-state index contributed by atoms with van der Waals surface area (Å²) in [5.41, 5.74) is 4.78. The first kappa shape index (κ1) is 11.7. The van der Waals surface area contributed by atoms with E-state index in [0.717, 1.165) is 5.69 Å². The first-order valence-electron chi connectivity index (χ1n) is 5.90. The van der Waals surface area contributed by atoms with Crippen LogP contribution in [0, 0.1) is 13.8 Å². The molecule has 0 fully saturated rings. The molecule has 1 aromatic carbocycles. The number of hydrogen-bond acceptors (Lipinski definition) is 2. The fraction of sp³-hybridized carbons (Fsp3) is 0.357. The van der Waals surface area contributed by atoms with E-state index in [2.05, 4.69) is 54.7 Å². The average Bonchev–Trinajstić information content (AvgIpc) is 2.61. The van der Waals surface area contributed by atoms with Gasteiger partial charge in [-0.2, -0.15) is 5.10 Å². The largest absolute Gasteiger partial charge is 0.378 e. The Labute approximate surface area is 102 Å². The summed E-state index contributed by atoms with van der Waals surface area (Å²) in [6, 6.07) is 8.60. The highest BCUT2D eigenvalue weighted by Crippen LogP contribution is 2.23. The van der Waals surface area contributed by atoms with Gasteiger partial charge in [-0.25, -0.2) is 0 Å². The first-order valence-corrected chi connectivity index (χ1v) is 5.90. The Bertz CT molecular complexity index is 514. The SMILES string of the molecule is Cc1ccccc1NC(C)c1cn(C)nc1C. The van der Waals surface area contributed by atoms with Crippen molar-refractivity contribution < 1.29 is 0 Å². The molecule has 0 saturated carbocycles. The Kier molecular flexibility index (Phi) is 3.18. The molecule has 0 aliphatic heterocycles. The fourth-order valence-electron chi connectivity index (χ4n) is 2.09. The molecule has 2 aromatic rings. The summed E-state index contributed by atoms with van der Waals surface area (Å²) >= 11 is 0. The van der Waals surface area contributed by atoms with Gasteiger partial charge in [0.05, 0.1) is 11.7 Å². The van der Waals surface area contributed by atoms with Crippen LogP contribution in [0.4, 0.5) is 5.69 Å². The topological polar surface area (TPSA) is 29.9 Å². The molecule has 3 heteroatoms. The molecule has 0 bridgehead atoms. The van der Waals surface area contributed by atoms with E-state index in [0.29, 0.717) is 0 Å². The maximum Gasteiger partial charge on any atom is 0.0646 e. The Balaban J connectivity index is 2.20. The molecule has 2 rings (SSSR count). The standard InChI is InChI=1S/C14H19N3/c1-10-7-5-6-8-14(10)15-11(2)13-9-17(4)16-12(13)3/h5-9,11,15H,1-4H3. The van der Waals surface area contributed by atoms with Crippen LogP contribution in [0.25, 0.3) is 0 Å². The van der Waals surface area contributed by atoms with Crippen molar-refractivity contribution in [3.05, 3.63) is 47.3 Å². The summed E-state index contributed by atoms with van der Waals surface area (Å²) in [4.78, 5) is 0. The normalized spacial score (nSPS) is 12.5.